The van der Waals surface area contributed by atoms with Crippen molar-refractivity contribution in [3.05, 3.63) is 28.2 Å². The summed E-state index contributed by atoms with van der Waals surface area (Å²) in [6.07, 6.45) is 3.36. The fraction of sp³-hybridized carbons (Fsp3) is 0.400. The topological polar surface area (TPSA) is 61.3 Å². The molecule has 2 rings (SSSR count). The Morgan fingerprint density at radius 3 is 2.67 bits per heavy atom. The Labute approximate surface area is 127 Å². The van der Waals surface area contributed by atoms with Crippen molar-refractivity contribution in [3.8, 4) is 0 Å². The van der Waals surface area contributed by atoms with E-state index in [1.807, 2.05) is 20.8 Å². The molecule has 0 aliphatic heterocycles. The van der Waals surface area contributed by atoms with E-state index in [-0.39, 0.29) is 5.97 Å². The van der Waals surface area contributed by atoms with E-state index < -0.39 is 0 Å². The van der Waals surface area contributed by atoms with Gasteiger partial charge in [0.2, 0.25) is 0 Å². The molecular formula is C15H18N2O3S. The summed E-state index contributed by atoms with van der Waals surface area (Å²) in [5.74, 6) is 0.352. The highest BCUT2D eigenvalue weighted by Gasteiger charge is 2.20. The SMILES string of the molecule is CCO/C=C/c1c(C(=O)OCC)sc2nc(C)nc(C)c12. The van der Waals surface area contributed by atoms with Gasteiger partial charge in [0.1, 0.15) is 15.5 Å². The first-order chi connectivity index (χ1) is 10.1. The van der Waals surface area contributed by atoms with E-state index in [2.05, 4.69) is 9.97 Å². The predicted octanol–water partition coefficient (Wildman–Crippen LogP) is 3.49. The van der Waals surface area contributed by atoms with Crippen LogP contribution in [0.25, 0.3) is 16.3 Å². The number of carbonyl (C=O) groups is 1. The van der Waals surface area contributed by atoms with Gasteiger partial charge in [-0.15, -0.1) is 11.3 Å². The predicted molar refractivity (Wildman–Crippen MR) is 83.5 cm³/mol. The van der Waals surface area contributed by atoms with Crippen LogP contribution in [0, 0.1) is 13.8 Å². The number of aromatic nitrogens is 2. The number of nitrogens with zero attached hydrogens (tertiary/aromatic N) is 2. The lowest BCUT2D eigenvalue weighted by Gasteiger charge is -2.02. The van der Waals surface area contributed by atoms with Crippen LogP contribution in [-0.2, 0) is 9.47 Å². The lowest BCUT2D eigenvalue weighted by atomic mass is 10.1. The van der Waals surface area contributed by atoms with Gasteiger partial charge in [-0.25, -0.2) is 14.8 Å². The van der Waals surface area contributed by atoms with Gasteiger partial charge in [-0.05, 0) is 33.8 Å². The third kappa shape index (κ3) is 3.21. The van der Waals surface area contributed by atoms with Crippen LogP contribution in [0.5, 0.6) is 0 Å². The van der Waals surface area contributed by atoms with Crippen molar-refractivity contribution in [1.29, 1.82) is 0 Å². The van der Waals surface area contributed by atoms with Gasteiger partial charge in [0.15, 0.2) is 0 Å². The Morgan fingerprint density at radius 2 is 2.00 bits per heavy atom. The van der Waals surface area contributed by atoms with Gasteiger partial charge in [-0.1, -0.05) is 0 Å². The van der Waals surface area contributed by atoms with Crippen LogP contribution in [0.4, 0.5) is 0 Å². The van der Waals surface area contributed by atoms with Crippen LogP contribution < -0.4 is 0 Å². The van der Waals surface area contributed by atoms with E-state index in [0.717, 1.165) is 21.5 Å². The molecule has 0 unspecified atom stereocenters. The first-order valence-electron chi connectivity index (χ1n) is 6.81. The minimum Gasteiger partial charge on any atom is -0.501 e. The molecular weight excluding hydrogens is 288 g/mol. The maximum atomic E-state index is 12.1. The maximum Gasteiger partial charge on any atom is 0.349 e. The third-order valence-electron chi connectivity index (χ3n) is 2.84. The highest BCUT2D eigenvalue weighted by molar-refractivity contribution is 7.20. The molecule has 0 aliphatic rings. The smallest absolute Gasteiger partial charge is 0.349 e. The van der Waals surface area contributed by atoms with Crippen LogP contribution >= 0.6 is 11.3 Å². The van der Waals surface area contributed by atoms with Gasteiger partial charge in [0, 0.05) is 10.9 Å². The number of hydrogen-bond donors (Lipinski definition) is 0. The summed E-state index contributed by atoms with van der Waals surface area (Å²) in [6, 6.07) is 0. The highest BCUT2D eigenvalue weighted by Crippen LogP contribution is 2.33. The molecule has 5 nitrogen and oxygen atoms in total. The van der Waals surface area contributed by atoms with Crippen molar-refractivity contribution in [2.75, 3.05) is 13.2 Å². The molecule has 0 saturated heterocycles. The number of ether oxygens (including phenoxy) is 2. The first kappa shape index (κ1) is 15.4. The Hall–Kier alpha value is -1.95. The summed E-state index contributed by atoms with van der Waals surface area (Å²) < 4.78 is 10.4. The molecule has 2 aromatic heterocycles. The fourth-order valence-electron chi connectivity index (χ4n) is 2.05. The van der Waals surface area contributed by atoms with Crippen molar-refractivity contribution in [3.63, 3.8) is 0 Å². The number of fused-ring (bicyclic) bond motifs is 1. The van der Waals surface area contributed by atoms with Gasteiger partial charge in [0.25, 0.3) is 0 Å². The van der Waals surface area contributed by atoms with E-state index in [1.54, 1.807) is 19.3 Å². The zero-order chi connectivity index (χ0) is 15.4. The number of aryl methyl sites for hydroxylation is 2. The molecule has 0 bridgehead atoms. The second-order valence-corrected chi connectivity index (χ2v) is 5.36. The minimum absolute atomic E-state index is 0.339. The van der Waals surface area contributed by atoms with E-state index in [0.29, 0.717) is 23.9 Å². The zero-order valence-electron chi connectivity index (χ0n) is 12.6. The fourth-order valence-corrected chi connectivity index (χ4v) is 3.20. The summed E-state index contributed by atoms with van der Waals surface area (Å²) >= 11 is 1.33. The Morgan fingerprint density at radius 1 is 1.24 bits per heavy atom. The van der Waals surface area contributed by atoms with E-state index in [9.17, 15) is 4.79 Å². The van der Waals surface area contributed by atoms with Crippen LogP contribution in [0.3, 0.4) is 0 Å². The van der Waals surface area contributed by atoms with Crippen molar-refractivity contribution in [2.24, 2.45) is 0 Å². The van der Waals surface area contributed by atoms with Crippen LogP contribution in [0.2, 0.25) is 0 Å². The van der Waals surface area contributed by atoms with Crippen molar-refractivity contribution >= 4 is 33.6 Å². The number of hydrogen-bond acceptors (Lipinski definition) is 6. The van der Waals surface area contributed by atoms with Gasteiger partial charge < -0.3 is 9.47 Å². The molecule has 0 aromatic carbocycles. The van der Waals surface area contributed by atoms with Crippen LogP contribution in [0.1, 0.15) is 40.6 Å². The third-order valence-corrected chi connectivity index (χ3v) is 3.92. The van der Waals surface area contributed by atoms with Gasteiger partial charge in [0.05, 0.1) is 25.2 Å². The van der Waals surface area contributed by atoms with Gasteiger partial charge in [-0.2, -0.15) is 0 Å². The highest BCUT2D eigenvalue weighted by atomic mass is 32.1. The van der Waals surface area contributed by atoms with Crippen LogP contribution in [0.15, 0.2) is 6.26 Å². The molecule has 0 aliphatic carbocycles. The summed E-state index contributed by atoms with van der Waals surface area (Å²) in [5, 5.41) is 0.879. The molecule has 0 amide bonds. The van der Waals surface area contributed by atoms with Crippen molar-refractivity contribution < 1.29 is 14.3 Å². The Kier molecular flexibility index (Phi) is 4.90. The molecule has 0 radical (unpaired) electrons. The second kappa shape index (κ2) is 6.67. The molecule has 21 heavy (non-hydrogen) atoms. The van der Waals surface area contributed by atoms with E-state index in [4.69, 9.17) is 9.47 Å². The summed E-state index contributed by atoms with van der Waals surface area (Å²) in [6.45, 7) is 8.35. The van der Waals surface area contributed by atoms with Gasteiger partial charge >= 0.3 is 5.97 Å². The Balaban J connectivity index is 2.63. The largest absolute Gasteiger partial charge is 0.501 e. The first-order valence-corrected chi connectivity index (χ1v) is 7.63. The van der Waals surface area contributed by atoms with Gasteiger partial charge in [-0.3, -0.25) is 0 Å². The summed E-state index contributed by atoms with van der Waals surface area (Å²) in [4.78, 5) is 22.2. The average molecular weight is 306 g/mol. The van der Waals surface area contributed by atoms with E-state index >= 15 is 0 Å². The number of esters is 1. The minimum atomic E-state index is -0.339. The number of thiophene rings is 1. The lowest BCUT2D eigenvalue weighted by Crippen LogP contribution is -2.03. The zero-order valence-corrected chi connectivity index (χ0v) is 13.4. The summed E-state index contributed by atoms with van der Waals surface area (Å²) in [7, 11) is 0. The quantitative estimate of drug-likeness (QED) is 0.625. The van der Waals surface area contributed by atoms with Crippen molar-refractivity contribution in [2.45, 2.75) is 27.7 Å². The standard InChI is InChI=1S/C15H18N2O3S/c1-5-19-8-7-11-12-9(3)16-10(4)17-14(12)21-13(11)15(18)20-6-2/h7-8H,5-6H2,1-4H3/b8-7+. The molecule has 2 heterocycles. The number of rotatable bonds is 5. The average Bonchev–Trinajstić information content (AvgIpc) is 2.78. The normalized spacial score (nSPS) is 11.2. The van der Waals surface area contributed by atoms with E-state index in [1.165, 1.54) is 11.3 Å². The number of carbonyl (C=O) groups excluding carboxylic acids is 1. The second-order valence-electron chi connectivity index (χ2n) is 4.36. The molecule has 0 fully saturated rings. The van der Waals surface area contributed by atoms with Crippen molar-refractivity contribution in [1.82, 2.24) is 9.97 Å². The molecule has 112 valence electrons. The molecule has 0 saturated carbocycles. The molecule has 6 heteroatoms. The maximum absolute atomic E-state index is 12.1. The molecule has 2 aromatic rings. The monoisotopic (exact) mass is 306 g/mol. The molecule has 0 spiro atoms. The summed E-state index contributed by atoms with van der Waals surface area (Å²) in [5.41, 5.74) is 1.61. The lowest BCUT2D eigenvalue weighted by molar-refractivity contribution is 0.0532. The molecule has 0 N–H and O–H groups in total. The molecule has 0 atom stereocenters. The Bertz CT molecular complexity index is 692. The van der Waals surface area contributed by atoms with Crippen LogP contribution in [-0.4, -0.2) is 29.2 Å².